The Balaban J connectivity index is 2.08. The van der Waals surface area contributed by atoms with Crippen molar-refractivity contribution in [2.75, 3.05) is 0 Å². The predicted molar refractivity (Wildman–Crippen MR) is 82.4 cm³/mol. The van der Waals surface area contributed by atoms with Crippen LogP contribution in [0.1, 0.15) is 33.6 Å². The van der Waals surface area contributed by atoms with E-state index in [9.17, 15) is 19.7 Å². The molecule has 5 nitrogen and oxygen atoms in total. The average Bonchev–Trinajstić information content (AvgIpc) is 2.53. The lowest BCUT2D eigenvalue weighted by Crippen LogP contribution is -2.06. The van der Waals surface area contributed by atoms with Crippen LogP contribution < -0.4 is 0 Å². The van der Waals surface area contributed by atoms with Crippen LogP contribution in [0.4, 0.5) is 5.69 Å². The number of ketones is 2. The van der Waals surface area contributed by atoms with Crippen LogP contribution in [0.25, 0.3) is 0 Å². The van der Waals surface area contributed by atoms with Gasteiger partial charge in [-0.2, -0.15) is 0 Å². The van der Waals surface area contributed by atoms with Crippen LogP contribution in [-0.4, -0.2) is 16.5 Å². The number of benzene rings is 2. The molecule has 0 spiro atoms. The summed E-state index contributed by atoms with van der Waals surface area (Å²) in [5.41, 5.74) is 0.388. The van der Waals surface area contributed by atoms with Crippen molar-refractivity contribution in [1.29, 1.82) is 0 Å². The summed E-state index contributed by atoms with van der Waals surface area (Å²) in [6.07, 6.45) is -0.0174. The number of nitro benzene ring substituents is 1. The molecular weight excluding hydrogens is 306 g/mol. The highest BCUT2D eigenvalue weighted by atomic mass is 35.5. The molecular formula is C16H12ClNO4. The summed E-state index contributed by atoms with van der Waals surface area (Å²) in [6.45, 7) is 0. The van der Waals surface area contributed by atoms with Gasteiger partial charge in [0.1, 0.15) is 0 Å². The Morgan fingerprint density at radius 1 is 1.00 bits per heavy atom. The van der Waals surface area contributed by atoms with Gasteiger partial charge in [0.15, 0.2) is 11.6 Å². The Morgan fingerprint density at radius 3 is 2.27 bits per heavy atom. The van der Waals surface area contributed by atoms with Gasteiger partial charge in [-0.3, -0.25) is 19.7 Å². The van der Waals surface area contributed by atoms with Gasteiger partial charge in [-0.05, 0) is 6.07 Å². The van der Waals surface area contributed by atoms with Crippen LogP contribution in [0.2, 0.25) is 5.02 Å². The van der Waals surface area contributed by atoms with Crippen molar-refractivity contribution in [3.63, 3.8) is 0 Å². The quantitative estimate of drug-likeness (QED) is 0.456. The van der Waals surface area contributed by atoms with Crippen molar-refractivity contribution in [2.45, 2.75) is 12.8 Å². The summed E-state index contributed by atoms with van der Waals surface area (Å²) in [7, 11) is 0. The normalized spacial score (nSPS) is 10.2. The molecule has 112 valence electrons. The van der Waals surface area contributed by atoms with E-state index in [0.29, 0.717) is 5.56 Å². The molecule has 0 aliphatic carbocycles. The number of hydrogen-bond acceptors (Lipinski definition) is 4. The van der Waals surface area contributed by atoms with Crippen molar-refractivity contribution in [2.24, 2.45) is 0 Å². The smallest absolute Gasteiger partial charge is 0.270 e. The van der Waals surface area contributed by atoms with Gasteiger partial charge in [0, 0.05) is 36.1 Å². The van der Waals surface area contributed by atoms with Gasteiger partial charge in [0.2, 0.25) is 0 Å². The van der Waals surface area contributed by atoms with E-state index in [1.165, 1.54) is 12.1 Å². The fourth-order valence-electron chi connectivity index (χ4n) is 1.97. The van der Waals surface area contributed by atoms with Gasteiger partial charge in [-0.1, -0.05) is 41.9 Å². The molecule has 2 aromatic rings. The van der Waals surface area contributed by atoms with E-state index in [1.807, 2.05) is 0 Å². The zero-order chi connectivity index (χ0) is 16.1. The fourth-order valence-corrected chi connectivity index (χ4v) is 2.19. The van der Waals surface area contributed by atoms with E-state index < -0.39 is 10.7 Å². The second-order valence-corrected chi connectivity index (χ2v) is 5.04. The number of hydrogen-bond donors (Lipinski definition) is 0. The zero-order valence-corrected chi connectivity index (χ0v) is 12.2. The van der Waals surface area contributed by atoms with Crippen LogP contribution in [0.5, 0.6) is 0 Å². The van der Waals surface area contributed by atoms with Crippen molar-refractivity contribution < 1.29 is 14.5 Å². The van der Waals surface area contributed by atoms with E-state index in [1.54, 1.807) is 30.3 Å². The first-order chi connectivity index (χ1) is 10.5. The third-order valence-electron chi connectivity index (χ3n) is 3.14. The molecule has 0 radical (unpaired) electrons. The Morgan fingerprint density at radius 2 is 1.64 bits per heavy atom. The third kappa shape index (κ3) is 3.77. The van der Waals surface area contributed by atoms with Crippen LogP contribution in [0.15, 0.2) is 48.5 Å². The first kappa shape index (κ1) is 15.9. The molecule has 0 bridgehead atoms. The predicted octanol–water partition coefficient (Wildman–Crippen LogP) is 4.09. The van der Waals surface area contributed by atoms with Gasteiger partial charge in [0.05, 0.1) is 9.95 Å². The van der Waals surface area contributed by atoms with Gasteiger partial charge in [0.25, 0.3) is 5.69 Å². The molecule has 0 fully saturated rings. The molecule has 0 N–H and O–H groups in total. The lowest BCUT2D eigenvalue weighted by atomic mass is 10.0. The highest BCUT2D eigenvalue weighted by Gasteiger charge is 2.17. The molecule has 0 aliphatic rings. The van der Waals surface area contributed by atoms with E-state index in [2.05, 4.69) is 0 Å². The monoisotopic (exact) mass is 317 g/mol. The number of carbonyl (C=O) groups is 2. The minimum Gasteiger partial charge on any atom is -0.294 e. The number of nitro groups is 1. The SMILES string of the molecule is O=C(CCC(=O)c1cc([N+](=O)[O-])ccc1Cl)c1ccccc1. The lowest BCUT2D eigenvalue weighted by Gasteiger charge is -2.04. The second-order valence-electron chi connectivity index (χ2n) is 4.63. The average molecular weight is 318 g/mol. The molecule has 6 heteroatoms. The number of Topliss-reactive ketones (excluding diaryl/α,β-unsaturated/α-hetero) is 2. The number of nitrogens with zero attached hydrogens (tertiary/aromatic N) is 1. The number of halogens is 1. The van der Waals surface area contributed by atoms with Crippen molar-refractivity contribution in [1.82, 2.24) is 0 Å². The third-order valence-corrected chi connectivity index (χ3v) is 3.47. The van der Waals surface area contributed by atoms with Gasteiger partial charge in [-0.15, -0.1) is 0 Å². The Labute approximate surface area is 131 Å². The van der Waals surface area contributed by atoms with E-state index in [4.69, 9.17) is 11.6 Å². The summed E-state index contributed by atoms with van der Waals surface area (Å²) in [5.74, 6) is -0.548. The van der Waals surface area contributed by atoms with E-state index in [-0.39, 0.29) is 34.9 Å². The summed E-state index contributed by atoms with van der Waals surface area (Å²) in [4.78, 5) is 34.2. The Bertz CT molecular complexity index is 728. The Hall–Kier alpha value is -2.53. The molecule has 0 amide bonds. The van der Waals surface area contributed by atoms with Crippen molar-refractivity contribution in [3.05, 3.63) is 74.8 Å². The lowest BCUT2D eigenvalue weighted by molar-refractivity contribution is -0.384. The molecule has 0 unspecified atom stereocenters. The topological polar surface area (TPSA) is 77.3 Å². The molecule has 22 heavy (non-hydrogen) atoms. The van der Waals surface area contributed by atoms with Crippen molar-refractivity contribution >= 4 is 28.9 Å². The van der Waals surface area contributed by atoms with E-state index >= 15 is 0 Å². The largest absolute Gasteiger partial charge is 0.294 e. The summed E-state index contributed by atoms with van der Waals surface area (Å²) < 4.78 is 0. The molecule has 2 rings (SSSR count). The minimum atomic E-state index is -0.595. The van der Waals surface area contributed by atoms with Crippen LogP contribution in [0.3, 0.4) is 0 Å². The van der Waals surface area contributed by atoms with E-state index in [0.717, 1.165) is 6.07 Å². The zero-order valence-electron chi connectivity index (χ0n) is 11.5. The fraction of sp³-hybridized carbons (Fsp3) is 0.125. The standard InChI is InChI=1S/C16H12ClNO4/c17-14-7-6-12(18(21)22)10-13(14)16(20)9-8-15(19)11-4-2-1-3-5-11/h1-7,10H,8-9H2. The molecule has 2 aromatic carbocycles. The summed E-state index contributed by atoms with van der Waals surface area (Å²) >= 11 is 5.90. The number of carbonyl (C=O) groups excluding carboxylic acids is 2. The highest BCUT2D eigenvalue weighted by molar-refractivity contribution is 6.34. The van der Waals surface area contributed by atoms with Crippen LogP contribution in [0, 0.1) is 10.1 Å². The van der Waals surface area contributed by atoms with Gasteiger partial charge >= 0.3 is 0 Å². The maximum absolute atomic E-state index is 12.1. The summed E-state index contributed by atoms with van der Waals surface area (Å²) in [6, 6.07) is 12.3. The molecule has 0 saturated heterocycles. The first-order valence-electron chi connectivity index (χ1n) is 6.54. The number of rotatable bonds is 6. The van der Waals surface area contributed by atoms with Crippen molar-refractivity contribution in [3.8, 4) is 0 Å². The second kappa shape index (κ2) is 6.95. The highest BCUT2D eigenvalue weighted by Crippen LogP contribution is 2.24. The maximum atomic E-state index is 12.1. The summed E-state index contributed by atoms with van der Waals surface area (Å²) in [5, 5.41) is 10.9. The molecule has 0 aliphatic heterocycles. The van der Waals surface area contributed by atoms with Crippen LogP contribution >= 0.6 is 11.6 Å². The molecule has 0 saturated carbocycles. The first-order valence-corrected chi connectivity index (χ1v) is 6.92. The molecule has 0 heterocycles. The Kier molecular flexibility index (Phi) is 5.01. The van der Waals surface area contributed by atoms with Gasteiger partial charge in [-0.25, -0.2) is 0 Å². The minimum absolute atomic E-state index is 0.0296. The maximum Gasteiger partial charge on any atom is 0.270 e. The molecule has 0 aromatic heterocycles. The van der Waals surface area contributed by atoms with Crippen LogP contribution in [-0.2, 0) is 0 Å². The number of non-ortho nitro benzene ring substituents is 1. The van der Waals surface area contributed by atoms with Gasteiger partial charge < -0.3 is 0 Å². The molecule has 0 atom stereocenters.